The van der Waals surface area contributed by atoms with Gasteiger partial charge in [0.25, 0.3) is 0 Å². The molecule has 5 nitrogen and oxygen atoms in total. The molecule has 0 saturated carbocycles. The minimum absolute atomic E-state index is 0.562. The van der Waals surface area contributed by atoms with Crippen molar-refractivity contribution < 1.29 is 4.74 Å². The Morgan fingerprint density at radius 2 is 2.00 bits per heavy atom. The maximum atomic E-state index is 5.59. The SMILES string of the molecule is Cc1cc(NCCOc2ccc(N)cc2)ncn1. The highest BCUT2D eigenvalue weighted by Crippen LogP contribution is 2.12. The third-order valence-corrected chi connectivity index (χ3v) is 2.36. The summed E-state index contributed by atoms with van der Waals surface area (Å²) in [6, 6.07) is 9.23. The van der Waals surface area contributed by atoms with E-state index in [1.54, 1.807) is 6.33 Å². The summed E-state index contributed by atoms with van der Waals surface area (Å²) in [7, 11) is 0. The van der Waals surface area contributed by atoms with Crippen LogP contribution in [0.25, 0.3) is 0 Å². The second kappa shape index (κ2) is 5.86. The van der Waals surface area contributed by atoms with E-state index in [4.69, 9.17) is 10.5 Å². The third-order valence-electron chi connectivity index (χ3n) is 2.36. The smallest absolute Gasteiger partial charge is 0.129 e. The van der Waals surface area contributed by atoms with E-state index < -0.39 is 0 Å². The Morgan fingerprint density at radius 1 is 1.22 bits per heavy atom. The lowest BCUT2D eigenvalue weighted by molar-refractivity contribution is 0.333. The summed E-state index contributed by atoms with van der Waals surface area (Å²) in [5.74, 6) is 1.62. The molecule has 0 aliphatic heterocycles. The topological polar surface area (TPSA) is 73.1 Å². The number of nitrogen functional groups attached to an aromatic ring is 1. The summed E-state index contributed by atoms with van der Waals surface area (Å²) in [6.07, 6.45) is 1.54. The van der Waals surface area contributed by atoms with Gasteiger partial charge in [-0.2, -0.15) is 0 Å². The standard InChI is InChI=1S/C13H16N4O/c1-10-8-13(17-9-16-10)15-6-7-18-12-4-2-11(14)3-5-12/h2-5,8-9H,6-7,14H2,1H3,(H,15,16,17). The van der Waals surface area contributed by atoms with Crippen LogP contribution in [0.3, 0.4) is 0 Å². The zero-order chi connectivity index (χ0) is 12.8. The lowest BCUT2D eigenvalue weighted by atomic mass is 10.3. The Bertz CT molecular complexity index is 499. The van der Waals surface area contributed by atoms with Gasteiger partial charge in [0, 0.05) is 17.4 Å². The molecule has 0 aliphatic rings. The van der Waals surface area contributed by atoms with Crippen molar-refractivity contribution in [1.82, 2.24) is 9.97 Å². The monoisotopic (exact) mass is 244 g/mol. The van der Waals surface area contributed by atoms with Crippen molar-refractivity contribution in [2.45, 2.75) is 6.92 Å². The first-order valence-corrected chi connectivity index (χ1v) is 5.75. The van der Waals surface area contributed by atoms with Crippen LogP contribution in [-0.2, 0) is 0 Å². The fourth-order valence-electron chi connectivity index (χ4n) is 1.46. The predicted molar refractivity (Wildman–Crippen MR) is 71.6 cm³/mol. The van der Waals surface area contributed by atoms with E-state index in [-0.39, 0.29) is 0 Å². The summed E-state index contributed by atoms with van der Waals surface area (Å²) in [6.45, 7) is 3.17. The van der Waals surface area contributed by atoms with Gasteiger partial charge in [-0.25, -0.2) is 9.97 Å². The van der Waals surface area contributed by atoms with Gasteiger partial charge < -0.3 is 15.8 Å². The van der Waals surface area contributed by atoms with Gasteiger partial charge in [-0.05, 0) is 31.2 Å². The lowest BCUT2D eigenvalue weighted by Crippen LogP contribution is -2.12. The van der Waals surface area contributed by atoms with Gasteiger partial charge in [-0.15, -0.1) is 0 Å². The molecule has 0 unspecified atom stereocenters. The Kier molecular flexibility index (Phi) is 3.96. The van der Waals surface area contributed by atoms with Crippen molar-refractivity contribution in [3.8, 4) is 5.75 Å². The summed E-state index contributed by atoms with van der Waals surface area (Å²) >= 11 is 0. The van der Waals surface area contributed by atoms with E-state index >= 15 is 0 Å². The number of rotatable bonds is 5. The van der Waals surface area contributed by atoms with E-state index in [2.05, 4.69) is 15.3 Å². The van der Waals surface area contributed by atoms with Crippen LogP contribution >= 0.6 is 0 Å². The molecule has 18 heavy (non-hydrogen) atoms. The van der Waals surface area contributed by atoms with Crippen LogP contribution in [-0.4, -0.2) is 23.1 Å². The highest BCUT2D eigenvalue weighted by Gasteiger charge is 1.96. The van der Waals surface area contributed by atoms with Gasteiger partial charge in [0.2, 0.25) is 0 Å². The fraction of sp³-hybridized carbons (Fsp3) is 0.231. The van der Waals surface area contributed by atoms with Gasteiger partial charge in [-0.1, -0.05) is 0 Å². The van der Waals surface area contributed by atoms with Crippen LogP contribution < -0.4 is 15.8 Å². The fourth-order valence-corrected chi connectivity index (χ4v) is 1.46. The summed E-state index contributed by atoms with van der Waals surface area (Å²) in [5, 5.41) is 3.17. The van der Waals surface area contributed by atoms with Crippen LogP contribution in [0.1, 0.15) is 5.69 Å². The van der Waals surface area contributed by atoms with E-state index in [1.165, 1.54) is 0 Å². The average Bonchev–Trinajstić information content (AvgIpc) is 2.37. The van der Waals surface area contributed by atoms with Crippen molar-refractivity contribution in [3.63, 3.8) is 0 Å². The van der Waals surface area contributed by atoms with Crippen LogP contribution in [0, 0.1) is 6.92 Å². The van der Waals surface area contributed by atoms with Crippen LogP contribution in [0.15, 0.2) is 36.7 Å². The number of ether oxygens (including phenoxy) is 1. The van der Waals surface area contributed by atoms with E-state index in [1.807, 2.05) is 37.3 Å². The zero-order valence-electron chi connectivity index (χ0n) is 10.3. The van der Waals surface area contributed by atoms with Crippen LogP contribution in [0.2, 0.25) is 0 Å². The number of hydrogen-bond acceptors (Lipinski definition) is 5. The normalized spacial score (nSPS) is 10.1. The summed E-state index contributed by atoms with van der Waals surface area (Å²) in [5.41, 5.74) is 7.26. The number of anilines is 2. The first kappa shape index (κ1) is 12.2. The molecule has 1 heterocycles. The molecule has 5 heteroatoms. The second-order valence-corrected chi connectivity index (χ2v) is 3.89. The van der Waals surface area contributed by atoms with Gasteiger partial charge in [0.1, 0.15) is 24.5 Å². The maximum absolute atomic E-state index is 5.59. The molecule has 94 valence electrons. The number of hydrogen-bond donors (Lipinski definition) is 2. The van der Waals surface area contributed by atoms with E-state index in [0.717, 1.165) is 22.9 Å². The minimum Gasteiger partial charge on any atom is -0.492 e. The quantitative estimate of drug-likeness (QED) is 0.620. The molecular formula is C13H16N4O. The zero-order valence-corrected chi connectivity index (χ0v) is 10.3. The Labute approximate surface area is 106 Å². The molecule has 3 N–H and O–H groups in total. The molecule has 2 aromatic rings. The molecule has 0 amide bonds. The molecule has 0 bridgehead atoms. The van der Waals surface area contributed by atoms with Gasteiger partial charge in [0.05, 0.1) is 6.54 Å². The Balaban J connectivity index is 1.74. The van der Waals surface area contributed by atoms with E-state index in [9.17, 15) is 0 Å². The molecule has 0 saturated heterocycles. The number of benzene rings is 1. The van der Waals surface area contributed by atoms with Crippen LogP contribution in [0.4, 0.5) is 11.5 Å². The molecule has 2 rings (SSSR count). The first-order chi connectivity index (χ1) is 8.74. The van der Waals surface area contributed by atoms with Gasteiger partial charge in [0.15, 0.2) is 0 Å². The van der Waals surface area contributed by atoms with Gasteiger partial charge in [-0.3, -0.25) is 0 Å². The Morgan fingerprint density at radius 3 is 2.72 bits per heavy atom. The molecule has 1 aromatic heterocycles. The van der Waals surface area contributed by atoms with E-state index in [0.29, 0.717) is 13.2 Å². The molecule has 0 aliphatic carbocycles. The predicted octanol–water partition coefficient (Wildman–Crippen LogP) is 1.86. The second-order valence-electron chi connectivity index (χ2n) is 3.89. The number of aromatic nitrogens is 2. The minimum atomic E-state index is 0.562. The molecular weight excluding hydrogens is 228 g/mol. The number of nitrogens with two attached hydrogens (primary N) is 1. The summed E-state index contributed by atoms with van der Waals surface area (Å²) in [4.78, 5) is 8.13. The number of nitrogens with one attached hydrogen (secondary N) is 1. The first-order valence-electron chi connectivity index (χ1n) is 5.75. The van der Waals surface area contributed by atoms with Crippen molar-refractivity contribution in [3.05, 3.63) is 42.4 Å². The van der Waals surface area contributed by atoms with Crippen molar-refractivity contribution in [2.75, 3.05) is 24.2 Å². The molecule has 0 radical (unpaired) electrons. The molecule has 1 aromatic carbocycles. The van der Waals surface area contributed by atoms with Gasteiger partial charge >= 0.3 is 0 Å². The third kappa shape index (κ3) is 3.62. The maximum Gasteiger partial charge on any atom is 0.129 e. The van der Waals surface area contributed by atoms with Crippen molar-refractivity contribution >= 4 is 11.5 Å². The van der Waals surface area contributed by atoms with Crippen molar-refractivity contribution in [1.29, 1.82) is 0 Å². The summed E-state index contributed by atoms with van der Waals surface area (Å²) < 4.78 is 5.55. The largest absolute Gasteiger partial charge is 0.492 e. The average molecular weight is 244 g/mol. The molecule has 0 spiro atoms. The number of aryl methyl sites for hydroxylation is 1. The van der Waals surface area contributed by atoms with Crippen molar-refractivity contribution in [2.24, 2.45) is 0 Å². The molecule has 0 fully saturated rings. The van der Waals surface area contributed by atoms with Crippen LogP contribution in [0.5, 0.6) is 5.75 Å². The highest BCUT2D eigenvalue weighted by molar-refractivity contribution is 5.41. The highest BCUT2D eigenvalue weighted by atomic mass is 16.5. The lowest BCUT2D eigenvalue weighted by Gasteiger charge is -2.08. The number of nitrogens with zero attached hydrogens (tertiary/aromatic N) is 2. The Hall–Kier alpha value is -2.30. The molecule has 0 atom stereocenters.